The molecular formula is C21H27ClN4O2. The first kappa shape index (κ1) is 19.3. The lowest BCUT2D eigenvalue weighted by molar-refractivity contribution is 0.0898. The molecule has 1 N–H and O–H groups in total. The zero-order chi connectivity index (χ0) is 19.7. The number of amides is 1. The van der Waals surface area contributed by atoms with Gasteiger partial charge in [0.05, 0.1) is 18.3 Å². The van der Waals surface area contributed by atoms with Gasteiger partial charge >= 0.3 is 0 Å². The van der Waals surface area contributed by atoms with Crippen LogP contribution < -0.4 is 10.1 Å². The van der Waals surface area contributed by atoms with Crippen molar-refractivity contribution in [2.75, 3.05) is 26.7 Å². The fraction of sp³-hybridized carbons (Fsp3) is 0.524. The second-order valence-electron chi connectivity index (χ2n) is 8.00. The molecule has 2 fully saturated rings. The van der Waals surface area contributed by atoms with Crippen LogP contribution >= 0.6 is 11.6 Å². The Morgan fingerprint density at radius 3 is 2.50 bits per heavy atom. The van der Waals surface area contributed by atoms with E-state index >= 15 is 0 Å². The summed E-state index contributed by atoms with van der Waals surface area (Å²) in [6.07, 6.45) is 5.91. The van der Waals surface area contributed by atoms with Gasteiger partial charge in [-0.1, -0.05) is 23.7 Å². The number of rotatable bonds is 6. The standard InChI is InChI=1S/C21H27ClN4O2/c1-25-19(18(22)13-23-25)20(27)24-16-7-11-26(12-8-16)14-21(9-10-21)15-3-5-17(28-2)6-4-15/h3-6,13,16H,7-12,14H2,1-2H3,(H,24,27). The van der Waals surface area contributed by atoms with Crippen LogP contribution in [-0.4, -0.2) is 53.4 Å². The molecule has 2 heterocycles. The van der Waals surface area contributed by atoms with Crippen molar-refractivity contribution in [1.82, 2.24) is 20.0 Å². The van der Waals surface area contributed by atoms with Crippen LogP contribution in [0.4, 0.5) is 0 Å². The summed E-state index contributed by atoms with van der Waals surface area (Å²) >= 11 is 6.08. The topological polar surface area (TPSA) is 59.4 Å². The van der Waals surface area contributed by atoms with Crippen LogP contribution in [-0.2, 0) is 12.5 Å². The van der Waals surface area contributed by atoms with E-state index in [1.165, 1.54) is 29.3 Å². The van der Waals surface area contributed by atoms with Crippen molar-refractivity contribution < 1.29 is 9.53 Å². The highest BCUT2D eigenvalue weighted by Crippen LogP contribution is 2.49. The van der Waals surface area contributed by atoms with E-state index in [1.807, 2.05) is 0 Å². The van der Waals surface area contributed by atoms with Crippen LogP contribution in [0.3, 0.4) is 0 Å². The lowest BCUT2D eigenvalue weighted by Gasteiger charge is -2.35. The molecule has 0 unspecified atom stereocenters. The maximum absolute atomic E-state index is 12.5. The van der Waals surface area contributed by atoms with Gasteiger partial charge in [-0.05, 0) is 43.4 Å². The number of carbonyl (C=O) groups is 1. The number of ether oxygens (including phenoxy) is 1. The lowest BCUT2D eigenvalue weighted by Crippen LogP contribution is -2.46. The molecule has 2 aliphatic rings. The molecular weight excluding hydrogens is 376 g/mol. The van der Waals surface area contributed by atoms with Crippen LogP contribution in [0.25, 0.3) is 0 Å². The highest BCUT2D eigenvalue weighted by atomic mass is 35.5. The monoisotopic (exact) mass is 402 g/mol. The molecule has 1 aromatic carbocycles. The van der Waals surface area contributed by atoms with Gasteiger partial charge in [0.1, 0.15) is 11.4 Å². The van der Waals surface area contributed by atoms with Crippen molar-refractivity contribution in [1.29, 1.82) is 0 Å². The van der Waals surface area contributed by atoms with Gasteiger partial charge in [-0.25, -0.2) is 0 Å². The molecule has 7 heteroatoms. The number of benzene rings is 1. The van der Waals surface area contributed by atoms with Gasteiger partial charge in [0, 0.05) is 38.1 Å². The molecule has 4 rings (SSSR count). The SMILES string of the molecule is COc1ccc(C2(CN3CCC(NC(=O)c4c(Cl)cnn4C)CC3)CC2)cc1. The summed E-state index contributed by atoms with van der Waals surface area (Å²) in [6, 6.07) is 8.71. The quantitative estimate of drug-likeness (QED) is 0.806. The summed E-state index contributed by atoms with van der Waals surface area (Å²) in [5.74, 6) is 0.768. The number of aryl methyl sites for hydroxylation is 1. The summed E-state index contributed by atoms with van der Waals surface area (Å²) in [4.78, 5) is 15.0. The van der Waals surface area contributed by atoms with Crippen LogP contribution in [0.1, 0.15) is 41.7 Å². The Labute approximate surface area is 170 Å². The minimum atomic E-state index is -0.139. The normalized spacial score (nSPS) is 19.4. The summed E-state index contributed by atoms with van der Waals surface area (Å²) < 4.78 is 6.80. The Kier molecular flexibility index (Phi) is 5.34. The van der Waals surface area contributed by atoms with Crippen molar-refractivity contribution in [2.24, 2.45) is 7.05 Å². The highest BCUT2D eigenvalue weighted by molar-refractivity contribution is 6.33. The van der Waals surface area contributed by atoms with Gasteiger partial charge in [-0.2, -0.15) is 5.10 Å². The maximum Gasteiger partial charge on any atom is 0.271 e. The second kappa shape index (κ2) is 7.76. The Balaban J connectivity index is 1.30. The molecule has 0 atom stereocenters. The summed E-state index contributed by atoms with van der Waals surface area (Å²) in [5.41, 5.74) is 2.14. The maximum atomic E-state index is 12.5. The molecule has 1 amide bonds. The second-order valence-corrected chi connectivity index (χ2v) is 8.40. The third-order valence-corrected chi connectivity index (χ3v) is 6.39. The number of aromatic nitrogens is 2. The molecule has 1 aliphatic heterocycles. The third-order valence-electron chi connectivity index (χ3n) is 6.11. The van der Waals surface area contributed by atoms with Gasteiger partial charge in [0.2, 0.25) is 0 Å². The molecule has 6 nitrogen and oxygen atoms in total. The van der Waals surface area contributed by atoms with Crippen molar-refractivity contribution in [3.63, 3.8) is 0 Å². The smallest absolute Gasteiger partial charge is 0.271 e. The number of methoxy groups -OCH3 is 1. The lowest BCUT2D eigenvalue weighted by atomic mass is 9.93. The molecule has 1 aromatic heterocycles. The minimum Gasteiger partial charge on any atom is -0.497 e. The number of hydrogen-bond donors (Lipinski definition) is 1. The molecule has 1 saturated carbocycles. The number of carbonyl (C=O) groups excluding carboxylic acids is 1. The van der Waals surface area contributed by atoms with Gasteiger partial charge < -0.3 is 15.0 Å². The van der Waals surface area contributed by atoms with Crippen molar-refractivity contribution >= 4 is 17.5 Å². The first-order chi connectivity index (χ1) is 13.5. The van der Waals surface area contributed by atoms with Crippen LogP contribution in [0.5, 0.6) is 5.75 Å². The predicted octanol–water partition coefficient (Wildman–Crippen LogP) is 3.01. The van der Waals surface area contributed by atoms with Crippen molar-refractivity contribution in [3.05, 3.63) is 46.7 Å². The van der Waals surface area contributed by atoms with E-state index in [0.29, 0.717) is 16.1 Å². The molecule has 1 aliphatic carbocycles. The Hall–Kier alpha value is -2.05. The first-order valence-electron chi connectivity index (χ1n) is 9.86. The van der Waals surface area contributed by atoms with E-state index in [-0.39, 0.29) is 11.9 Å². The van der Waals surface area contributed by atoms with E-state index in [2.05, 4.69) is 39.6 Å². The van der Waals surface area contributed by atoms with E-state index in [1.54, 1.807) is 14.2 Å². The van der Waals surface area contributed by atoms with Crippen molar-refractivity contribution in [3.8, 4) is 5.75 Å². The highest BCUT2D eigenvalue weighted by Gasteiger charge is 2.45. The number of nitrogens with one attached hydrogen (secondary N) is 1. The largest absolute Gasteiger partial charge is 0.497 e. The predicted molar refractivity (Wildman–Crippen MR) is 109 cm³/mol. The Morgan fingerprint density at radius 1 is 1.29 bits per heavy atom. The average Bonchev–Trinajstić information content (AvgIpc) is 3.41. The number of halogens is 1. The molecule has 0 spiro atoms. The molecule has 28 heavy (non-hydrogen) atoms. The van der Waals surface area contributed by atoms with Crippen LogP contribution in [0.2, 0.25) is 5.02 Å². The van der Waals surface area contributed by atoms with Crippen LogP contribution in [0, 0.1) is 0 Å². The fourth-order valence-corrected chi connectivity index (χ4v) is 4.47. The van der Waals surface area contributed by atoms with E-state index in [4.69, 9.17) is 16.3 Å². The van der Waals surface area contributed by atoms with E-state index in [0.717, 1.165) is 38.2 Å². The Bertz CT molecular complexity index is 817. The van der Waals surface area contributed by atoms with Gasteiger partial charge in [0.25, 0.3) is 5.91 Å². The van der Waals surface area contributed by atoms with Crippen molar-refractivity contribution in [2.45, 2.75) is 37.1 Å². The van der Waals surface area contributed by atoms with Crippen LogP contribution in [0.15, 0.2) is 30.5 Å². The number of piperidine rings is 1. The summed E-state index contributed by atoms with van der Waals surface area (Å²) in [6.45, 7) is 3.09. The third kappa shape index (κ3) is 3.89. The van der Waals surface area contributed by atoms with E-state index in [9.17, 15) is 4.79 Å². The molecule has 2 aromatic rings. The number of likely N-dealkylation sites (tertiary alicyclic amines) is 1. The van der Waals surface area contributed by atoms with E-state index < -0.39 is 0 Å². The van der Waals surface area contributed by atoms with Gasteiger partial charge in [-0.15, -0.1) is 0 Å². The van der Waals surface area contributed by atoms with Gasteiger partial charge in [0.15, 0.2) is 0 Å². The Morgan fingerprint density at radius 2 is 1.96 bits per heavy atom. The summed E-state index contributed by atoms with van der Waals surface area (Å²) in [5, 5.41) is 7.55. The zero-order valence-corrected chi connectivity index (χ0v) is 17.2. The number of hydrogen-bond acceptors (Lipinski definition) is 4. The molecule has 150 valence electrons. The average molecular weight is 403 g/mol. The molecule has 0 bridgehead atoms. The fourth-order valence-electron chi connectivity index (χ4n) is 4.22. The minimum absolute atomic E-state index is 0.139. The molecule has 1 saturated heterocycles. The first-order valence-corrected chi connectivity index (χ1v) is 10.2. The summed E-state index contributed by atoms with van der Waals surface area (Å²) in [7, 11) is 3.44. The molecule has 0 radical (unpaired) electrons. The van der Waals surface area contributed by atoms with Gasteiger partial charge in [-0.3, -0.25) is 9.48 Å². The zero-order valence-electron chi connectivity index (χ0n) is 16.4. The number of nitrogens with zero attached hydrogens (tertiary/aromatic N) is 3.